The fourth-order valence-corrected chi connectivity index (χ4v) is 5.71. The van der Waals surface area contributed by atoms with E-state index in [9.17, 15) is 4.79 Å². The molecule has 0 N–H and O–H groups in total. The second-order valence-electron chi connectivity index (χ2n) is 10.9. The number of hydrogen-bond acceptors (Lipinski definition) is 3. The highest BCUT2D eigenvalue weighted by Crippen LogP contribution is 2.34. The van der Waals surface area contributed by atoms with Gasteiger partial charge in [0.1, 0.15) is 11.5 Å². The van der Waals surface area contributed by atoms with Gasteiger partial charge < -0.3 is 9.47 Å². The maximum atomic E-state index is 12.4. The van der Waals surface area contributed by atoms with E-state index >= 15 is 0 Å². The molecule has 0 heterocycles. The summed E-state index contributed by atoms with van der Waals surface area (Å²) in [5, 5.41) is 0. The van der Waals surface area contributed by atoms with E-state index in [1.165, 1.54) is 70.6 Å². The Hall–Kier alpha value is -1.51. The van der Waals surface area contributed by atoms with E-state index in [-0.39, 0.29) is 11.9 Å². The molecule has 186 valence electrons. The average Bonchev–Trinajstić information content (AvgIpc) is 2.84. The zero-order valence-electron chi connectivity index (χ0n) is 21.4. The maximum absolute atomic E-state index is 12.4. The summed E-state index contributed by atoms with van der Waals surface area (Å²) in [5.41, 5.74) is 0. The van der Waals surface area contributed by atoms with Gasteiger partial charge in [0.25, 0.3) is 0 Å². The fourth-order valence-electron chi connectivity index (χ4n) is 5.71. The predicted octanol–water partition coefficient (Wildman–Crippen LogP) is 8.74. The summed E-state index contributed by atoms with van der Waals surface area (Å²) in [5.74, 6) is 4.13. The molecule has 0 aliphatic heterocycles. The molecular formula is C30H48O3. The minimum atomic E-state index is -0.0678. The zero-order chi connectivity index (χ0) is 23.3. The molecule has 33 heavy (non-hydrogen) atoms. The molecule has 2 fully saturated rings. The Labute approximate surface area is 203 Å². The highest BCUT2D eigenvalue weighted by atomic mass is 16.5. The van der Waals surface area contributed by atoms with Gasteiger partial charge in [0.05, 0.1) is 12.5 Å². The van der Waals surface area contributed by atoms with Crippen LogP contribution >= 0.6 is 0 Å². The maximum Gasteiger partial charge on any atom is 0.314 e. The number of carbonyl (C=O) groups excluding carboxylic acids is 1. The molecule has 3 rings (SSSR count). The molecule has 1 aromatic carbocycles. The summed E-state index contributed by atoms with van der Waals surface area (Å²) in [4.78, 5) is 12.4. The van der Waals surface area contributed by atoms with Crippen LogP contribution in [0.2, 0.25) is 0 Å². The first kappa shape index (κ1) is 26.1. The summed E-state index contributed by atoms with van der Waals surface area (Å²) in [6.07, 6.45) is 20.9. The molecule has 2 aliphatic rings. The number of carbonyl (C=O) groups is 1. The van der Waals surface area contributed by atoms with E-state index in [4.69, 9.17) is 9.47 Å². The summed E-state index contributed by atoms with van der Waals surface area (Å²) in [6, 6.07) is 7.58. The standard InChI is InChI=1S/C30H48O3/c1-3-4-5-6-7-9-25-13-15-26(16-14-25)10-8-23-32-28-19-21-29(22-20-28)33-30(31)27-17-11-24(2)12-18-27/h19-22,24-27H,3-18,23H2,1-2H3/t24-,25-,26-,27-. The van der Waals surface area contributed by atoms with E-state index < -0.39 is 0 Å². The van der Waals surface area contributed by atoms with Crippen LogP contribution < -0.4 is 9.47 Å². The first-order valence-electron chi connectivity index (χ1n) is 14.1. The molecule has 3 nitrogen and oxygen atoms in total. The Bertz CT molecular complexity index is 652. The van der Waals surface area contributed by atoms with Crippen LogP contribution in [0.4, 0.5) is 0 Å². The molecule has 0 spiro atoms. The highest BCUT2D eigenvalue weighted by molar-refractivity contribution is 5.75. The van der Waals surface area contributed by atoms with Crippen molar-refractivity contribution >= 4 is 5.97 Å². The first-order chi connectivity index (χ1) is 16.1. The summed E-state index contributed by atoms with van der Waals surface area (Å²) in [6.45, 7) is 5.33. The lowest BCUT2D eigenvalue weighted by Gasteiger charge is -2.28. The summed E-state index contributed by atoms with van der Waals surface area (Å²) >= 11 is 0. The van der Waals surface area contributed by atoms with Crippen LogP contribution in [0, 0.1) is 23.7 Å². The molecular weight excluding hydrogens is 408 g/mol. The summed E-state index contributed by atoms with van der Waals surface area (Å²) in [7, 11) is 0. The van der Waals surface area contributed by atoms with Crippen LogP contribution in [0.25, 0.3) is 0 Å². The van der Waals surface area contributed by atoms with Crippen LogP contribution in [0.15, 0.2) is 24.3 Å². The average molecular weight is 457 g/mol. The molecule has 0 radical (unpaired) electrons. The number of esters is 1. The second kappa shape index (κ2) is 14.7. The van der Waals surface area contributed by atoms with Crippen LogP contribution in [-0.4, -0.2) is 12.6 Å². The van der Waals surface area contributed by atoms with E-state index in [0.29, 0.717) is 5.75 Å². The molecule has 0 atom stereocenters. The van der Waals surface area contributed by atoms with Crippen molar-refractivity contribution in [3.8, 4) is 11.5 Å². The van der Waals surface area contributed by atoms with Gasteiger partial charge in [-0.05, 0) is 80.5 Å². The van der Waals surface area contributed by atoms with Crippen LogP contribution in [-0.2, 0) is 4.79 Å². The van der Waals surface area contributed by atoms with Crippen molar-refractivity contribution in [2.75, 3.05) is 6.61 Å². The van der Waals surface area contributed by atoms with Crippen molar-refractivity contribution in [2.24, 2.45) is 23.7 Å². The Morgan fingerprint density at radius 2 is 1.33 bits per heavy atom. The lowest BCUT2D eigenvalue weighted by molar-refractivity contribution is -0.140. The van der Waals surface area contributed by atoms with E-state index in [1.54, 1.807) is 0 Å². The lowest BCUT2D eigenvalue weighted by Crippen LogP contribution is -2.24. The van der Waals surface area contributed by atoms with Gasteiger partial charge in [-0.25, -0.2) is 0 Å². The second-order valence-corrected chi connectivity index (χ2v) is 10.9. The quantitative estimate of drug-likeness (QED) is 0.169. The summed E-state index contributed by atoms with van der Waals surface area (Å²) < 4.78 is 11.6. The normalized spacial score (nSPS) is 25.5. The van der Waals surface area contributed by atoms with Gasteiger partial charge >= 0.3 is 5.97 Å². The molecule has 2 saturated carbocycles. The fraction of sp³-hybridized carbons (Fsp3) is 0.767. The molecule has 3 heteroatoms. The van der Waals surface area contributed by atoms with Gasteiger partial charge in [-0.1, -0.05) is 78.1 Å². The van der Waals surface area contributed by atoms with E-state index in [2.05, 4.69) is 13.8 Å². The molecule has 0 bridgehead atoms. The Morgan fingerprint density at radius 3 is 1.97 bits per heavy atom. The Kier molecular flexibility index (Phi) is 11.6. The number of hydrogen-bond donors (Lipinski definition) is 0. The molecule has 0 saturated heterocycles. The first-order valence-corrected chi connectivity index (χ1v) is 14.1. The number of benzene rings is 1. The predicted molar refractivity (Wildman–Crippen MR) is 137 cm³/mol. The van der Waals surface area contributed by atoms with Crippen molar-refractivity contribution in [2.45, 2.75) is 117 Å². The number of ether oxygens (including phenoxy) is 2. The van der Waals surface area contributed by atoms with E-state index in [1.807, 2.05) is 24.3 Å². The number of rotatable bonds is 13. The van der Waals surface area contributed by atoms with Crippen molar-refractivity contribution < 1.29 is 14.3 Å². The zero-order valence-corrected chi connectivity index (χ0v) is 21.4. The molecule has 0 unspecified atom stereocenters. The lowest BCUT2D eigenvalue weighted by atomic mass is 9.78. The smallest absolute Gasteiger partial charge is 0.314 e. The van der Waals surface area contributed by atoms with Crippen molar-refractivity contribution in [3.63, 3.8) is 0 Å². The SMILES string of the molecule is CCCCCCC[C@H]1CC[C@H](CCCOc2ccc(OC(=O)[C@H]3CC[C@H](C)CC3)cc2)CC1. The molecule has 0 amide bonds. The minimum absolute atomic E-state index is 0.0676. The molecule has 1 aromatic rings. The van der Waals surface area contributed by atoms with Crippen molar-refractivity contribution in [1.29, 1.82) is 0 Å². The van der Waals surface area contributed by atoms with Gasteiger partial charge in [0, 0.05) is 0 Å². The Balaban J connectivity index is 1.24. The third kappa shape index (κ3) is 9.71. The monoisotopic (exact) mass is 456 g/mol. The molecule has 2 aliphatic carbocycles. The van der Waals surface area contributed by atoms with Crippen LogP contribution in [0.3, 0.4) is 0 Å². The molecule has 0 aromatic heterocycles. The van der Waals surface area contributed by atoms with Gasteiger partial charge in [-0.2, -0.15) is 0 Å². The van der Waals surface area contributed by atoms with Gasteiger partial charge in [0.2, 0.25) is 0 Å². The van der Waals surface area contributed by atoms with E-state index in [0.717, 1.165) is 62.2 Å². The minimum Gasteiger partial charge on any atom is -0.494 e. The highest BCUT2D eigenvalue weighted by Gasteiger charge is 2.26. The Morgan fingerprint density at radius 1 is 0.758 bits per heavy atom. The number of unbranched alkanes of at least 4 members (excludes halogenated alkanes) is 4. The van der Waals surface area contributed by atoms with Gasteiger partial charge in [0.15, 0.2) is 0 Å². The topological polar surface area (TPSA) is 35.5 Å². The van der Waals surface area contributed by atoms with Crippen LogP contribution in [0.5, 0.6) is 11.5 Å². The van der Waals surface area contributed by atoms with Gasteiger partial charge in [-0.15, -0.1) is 0 Å². The third-order valence-electron chi connectivity index (χ3n) is 8.10. The van der Waals surface area contributed by atoms with Crippen molar-refractivity contribution in [3.05, 3.63) is 24.3 Å². The van der Waals surface area contributed by atoms with Gasteiger partial charge in [-0.3, -0.25) is 4.79 Å². The third-order valence-corrected chi connectivity index (χ3v) is 8.10. The van der Waals surface area contributed by atoms with Crippen molar-refractivity contribution in [1.82, 2.24) is 0 Å². The van der Waals surface area contributed by atoms with Crippen LogP contribution in [0.1, 0.15) is 117 Å². The largest absolute Gasteiger partial charge is 0.494 e.